The third-order valence-corrected chi connectivity index (χ3v) is 4.39. The highest BCUT2D eigenvalue weighted by molar-refractivity contribution is 7.03. The largest absolute Gasteiger partial charge is 0.493 e. The van der Waals surface area contributed by atoms with Crippen LogP contribution in [0.2, 0.25) is 13.1 Å². The molecule has 0 saturated heterocycles. The lowest BCUT2D eigenvalue weighted by atomic mass is 9.48. The van der Waals surface area contributed by atoms with Gasteiger partial charge >= 0.3 is 0 Å². The quantitative estimate of drug-likeness (QED) is 0.803. The van der Waals surface area contributed by atoms with Crippen molar-refractivity contribution in [1.82, 2.24) is 4.37 Å². The van der Waals surface area contributed by atoms with Crippen molar-refractivity contribution in [2.75, 3.05) is 6.61 Å². The smallest absolute Gasteiger partial charge is 0.265 e. The third kappa shape index (κ3) is 2.44. The highest BCUT2D eigenvalue weighted by atomic mass is 32.1. The highest BCUT2D eigenvalue weighted by Gasteiger charge is 2.26. The molecule has 1 atom stereocenters. The van der Waals surface area contributed by atoms with E-state index in [1.165, 1.54) is 17.1 Å². The minimum absolute atomic E-state index is 0.0809. The van der Waals surface area contributed by atoms with Crippen molar-refractivity contribution in [3.63, 3.8) is 0 Å². The van der Waals surface area contributed by atoms with Gasteiger partial charge in [0.25, 0.3) is 6.71 Å². The van der Waals surface area contributed by atoms with E-state index in [1.54, 1.807) is 0 Å². The zero-order valence-corrected chi connectivity index (χ0v) is 12.2. The van der Waals surface area contributed by atoms with Gasteiger partial charge in [0.2, 0.25) is 0 Å². The molecule has 0 amide bonds. The predicted octanol–water partition coefficient (Wildman–Crippen LogP) is 3.86. The normalized spacial score (nSPS) is 16.9. The van der Waals surface area contributed by atoms with E-state index in [4.69, 9.17) is 10.00 Å². The summed E-state index contributed by atoms with van der Waals surface area (Å²) in [5.74, 6) is 3.73. The number of ether oxygens (including phenoxy) is 1. The summed E-state index contributed by atoms with van der Waals surface area (Å²) < 4.78 is 10.1. The van der Waals surface area contributed by atoms with Gasteiger partial charge in [-0.15, -0.1) is 0 Å². The average molecular weight is 282 g/mol. The number of hydrogen-bond acceptors (Lipinski definition) is 4. The molecule has 1 unspecified atom stereocenters. The summed E-state index contributed by atoms with van der Waals surface area (Å²) >= 11 is 1.45. The Morgan fingerprint density at radius 3 is 3.20 bits per heavy atom. The molecule has 1 aliphatic heterocycles. The van der Waals surface area contributed by atoms with Crippen LogP contribution in [0.1, 0.15) is 17.9 Å². The molecule has 0 aliphatic carbocycles. The van der Waals surface area contributed by atoms with Crippen LogP contribution in [0.3, 0.4) is 0 Å². The SMILES string of the molecule is CB(C#N)CC1CCOc2c(-c3cnsc3)cccc21. The van der Waals surface area contributed by atoms with Gasteiger partial charge in [-0.1, -0.05) is 31.3 Å². The van der Waals surface area contributed by atoms with Gasteiger partial charge in [-0.05, 0) is 29.4 Å². The Morgan fingerprint density at radius 1 is 1.55 bits per heavy atom. The second-order valence-electron chi connectivity index (χ2n) is 5.24. The van der Waals surface area contributed by atoms with Gasteiger partial charge < -0.3 is 4.74 Å². The number of hydrogen-bond donors (Lipinski definition) is 0. The molecule has 3 nitrogen and oxygen atoms in total. The fourth-order valence-corrected chi connectivity index (χ4v) is 3.32. The maximum absolute atomic E-state index is 9.03. The molecule has 0 N–H and O–H groups in total. The Hall–Kier alpha value is -1.80. The van der Waals surface area contributed by atoms with Crippen molar-refractivity contribution in [1.29, 1.82) is 5.26 Å². The molecule has 20 heavy (non-hydrogen) atoms. The fraction of sp³-hybridized carbons (Fsp3) is 0.333. The minimum Gasteiger partial charge on any atom is -0.493 e. The first kappa shape index (κ1) is 13.2. The van der Waals surface area contributed by atoms with Crippen LogP contribution in [0.15, 0.2) is 29.8 Å². The molecule has 1 aromatic carbocycles. The molecule has 100 valence electrons. The fourth-order valence-electron chi connectivity index (χ4n) is 2.79. The van der Waals surface area contributed by atoms with Gasteiger partial charge in [0.15, 0.2) is 0 Å². The molecule has 1 aliphatic rings. The van der Waals surface area contributed by atoms with E-state index >= 15 is 0 Å². The zero-order chi connectivity index (χ0) is 13.9. The van der Waals surface area contributed by atoms with Crippen molar-refractivity contribution in [2.45, 2.75) is 25.5 Å². The van der Waals surface area contributed by atoms with E-state index in [-0.39, 0.29) is 6.71 Å². The van der Waals surface area contributed by atoms with Gasteiger partial charge in [0.05, 0.1) is 6.61 Å². The topological polar surface area (TPSA) is 45.9 Å². The first-order chi connectivity index (χ1) is 9.79. The lowest BCUT2D eigenvalue weighted by molar-refractivity contribution is 0.273. The molecule has 0 radical (unpaired) electrons. The Kier molecular flexibility index (Phi) is 3.75. The third-order valence-electron chi connectivity index (χ3n) is 3.80. The standard InChI is InChI=1S/C15H15BN2OS/c1-16(10-17)7-11-5-6-19-15-13(11)3-2-4-14(15)12-8-18-20-9-12/h2-4,8-9,11H,5-7H2,1H3. The van der Waals surface area contributed by atoms with Gasteiger partial charge in [-0.25, -0.2) is 9.64 Å². The summed E-state index contributed by atoms with van der Waals surface area (Å²) in [7, 11) is 0. The van der Waals surface area contributed by atoms with Crippen molar-refractivity contribution in [3.8, 4) is 22.8 Å². The molecular formula is C15H15BN2OS. The monoisotopic (exact) mass is 282 g/mol. The number of para-hydroxylation sites is 1. The van der Waals surface area contributed by atoms with Crippen LogP contribution in [-0.2, 0) is 0 Å². The number of fused-ring (bicyclic) bond motifs is 1. The second kappa shape index (κ2) is 5.68. The van der Waals surface area contributed by atoms with Crippen LogP contribution in [0.25, 0.3) is 11.1 Å². The predicted molar refractivity (Wildman–Crippen MR) is 82.4 cm³/mol. The number of nitriles is 1. The Balaban J connectivity index is 1.99. The van der Waals surface area contributed by atoms with Crippen LogP contribution in [0, 0.1) is 11.2 Å². The van der Waals surface area contributed by atoms with Gasteiger partial charge in [0.1, 0.15) is 5.75 Å². The highest BCUT2D eigenvalue weighted by Crippen LogP contribution is 2.42. The maximum Gasteiger partial charge on any atom is 0.265 e. The van der Waals surface area contributed by atoms with E-state index in [0.717, 1.165) is 36.2 Å². The van der Waals surface area contributed by atoms with E-state index in [9.17, 15) is 0 Å². The molecule has 2 heterocycles. The van der Waals surface area contributed by atoms with Crippen molar-refractivity contribution >= 4 is 18.2 Å². The number of nitrogens with zero attached hydrogens (tertiary/aromatic N) is 2. The van der Waals surface area contributed by atoms with Gasteiger partial charge in [0, 0.05) is 28.7 Å². The molecule has 2 aromatic rings. The Morgan fingerprint density at radius 2 is 2.45 bits per heavy atom. The first-order valence-corrected chi connectivity index (χ1v) is 7.68. The van der Waals surface area contributed by atoms with Crippen molar-refractivity contribution in [3.05, 3.63) is 35.3 Å². The van der Waals surface area contributed by atoms with Crippen molar-refractivity contribution < 1.29 is 4.74 Å². The van der Waals surface area contributed by atoms with E-state index in [0.29, 0.717) is 5.92 Å². The second-order valence-corrected chi connectivity index (χ2v) is 5.89. The molecular weight excluding hydrogens is 267 g/mol. The van der Waals surface area contributed by atoms with E-state index in [2.05, 4.69) is 28.5 Å². The van der Waals surface area contributed by atoms with Gasteiger partial charge in [-0.2, -0.15) is 0 Å². The summed E-state index contributed by atoms with van der Waals surface area (Å²) in [6.45, 7) is 2.80. The molecule has 0 saturated carbocycles. The summed E-state index contributed by atoms with van der Waals surface area (Å²) in [5.41, 5.74) is 3.47. The molecule has 0 bridgehead atoms. The van der Waals surface area contributed by atoms with E-state index in [1.807, 2.05) is 18.4 Å². The minimum atomic E-state index is 0.0809. The Labute approximate surface area is 123 Å². The van der Waals surface area contributed by atoms with Crippen LogP contribution in [-0.4, -0.2) is 17.7 Å². The summed E-state index contributed by atoms with van der Waals surface area (Å²) in [4.78, 5) is 0. The molecule has 0 spiro atoms. The van der Waals surface area contributed by atoms with Crippen LogP contribution in [0.5, 0.6) is 5.75 Å². The lowest BCUT2D eigenvalue weighted by Crippen LogP contribution is -2.19. The molecule has 3 rings (SSSR count). The molecule has 1 aromatic heterocycles. The first-order valence-electron chi connectivity index (χ1n) is 6.84. The number of benzene rings is 1. The number of aromatic nitrogens is 1. The molecule has 5 heteroatoms. The maximum atomic E-state index is 9.03. The van der Waals surface area contributed by atoms with Crippen LogP contribution < -0.4 is 4.74 Å². The lowest BCUT2D eigenvalue weighted by Gasteiger charge is -2.27. The van der Waals surface area contributed by atoms with Gasteiger partial charge in [-0.3, -0.25) is 0 Å². The summed E-state index contributed by atoms with van der Waals surface area (Å²) in [6.07, 6.45) is 3.77. The molecule has 0 fully saturated rings. The summed E-state index contributed by atoms with van der Waals surface area (Å²) in [6, 6.07) is 6.29. The van der Waals surface area contributed by atoms with E-state index < -0.39 is 0 Å². The van der Waals surface area contributed by atoms with Crippen LogP contribution >= 0.6 is 11.5 Å². The van der Waals surface area contributed by atoms with Crippen molar-refractivity contribution in [2.24, 2.45) is 0 Å². The zero-order valence-electron chi connectivity index (χ0n) is 11.4. The Bertz CT molecular complexity index is 636. The van der Waals surface area contributed by atoms with Crippen LogP contribution in [0.4, 0.5) is 0 Å². The summed E-state index contributed by atoms with van der Waals surface area (Å²) in [5, 5.41) is 11.1. The number of rotatable bonds is 3. The average Bonchev–Trinajstić information content (AvgIpc) is 3.01.